The standard InChI is InChI=1S/C15H23Br2N3/c1-2-5-19-6-8-20(9-7-19)15(11-18)12-3-4-13(16)14(17)10-12/h3-4,10,15H,2,5-9,11,18H2,1H3. The lowest BCUT2D eigenvalue weighted by Crippen LogP contribution is -2.49. The van der Waals surface area contributed by atoms with Gasteiger partial charge < -0.3 is 10.6 Å². The van der Waals surface area contributed by atoms with Crippen LogP contribution < -0.4 is 5.73 Å². The van der Waals surface area contributed by atoms with Gasteiger partial charge in [0, 0.05) is 47.7 Å². The Labute approximate surface area is 138 Å². The van der Waals surface area contributed by atoms with E-state index in [1.54, 1.807) is 0 Å². The average Bonchev–Trinajstić information content (AvgIpc) is 2.46. The van der Waals surface area contributed by atoms with Gasteiger partial charge in [-0.25, -0.2) is 0 Å². The number of nitrogens with zero attached hydrogens (tertiary/aromatic N) is 2. The lowest BCUT2D eigenvalue weighted by molar-refractivity contribution is 0.0985. The van der Waals surface area contributed by atoms with Gasteiger partial charge in [0.25, 0.3) is 0 Å². The predicted molar refractivity (Wildman–Crippen MR) is 91.9 cm³/mol. The van der Waals surface area contributed by atoms with E-state index in [2.05, 4.69) is 66.8 Å². The van der Waals surface area contributed by atoms with Gasteiger partial charge in [-0.3, -0.25) is 4.90 Å². The summed E-state index contributed by atoms with van der Waals surface area (Å²) in [5, 5.41) is 0. The molecule has 1 aliphatic heterocycles. The van der Waals surface area contributed by atoms with Gasteiger partial charge in [-0.1, -0.05) is 13.0 Å². The monoisotopic (exact) mass is 403 g/mol. The summed E-state index contributed by atoms with van der Waals surface area (Å²) in [4.78, 5) is 5.06. The second-order valence-electron chi connectivity index (χ2n) is 5.30. The first-order chi connectivity index (χ1) is 9.65. The molecule has 5 heteroatoms. The largest absolute Gasteiger partial charge is 0.329 e. The van der Waals surface area contributed by atoms with Gasteiger partial charge in [0.15, 0.2) is 0 Å². The topological polar surface area (TPSA) is 32.5 Å². The smallest absolute Gasteiger partial charge is 0.0471 e. The zero-order chi connectivity index (χ0) is 14.5. The van der Waals surface area contributed by atoms with Gasteiger partial charge >= 0.3 is 0 Å². The molecule has 1 saturated heterocycles. The van der Waals surface area contributed by atoms with Crippen LogP contribution in [0.4, 0.5) is 0 Å². The normalized spacial score (nSPS) is 19.2. The minimum absolute atomic E-state index is 0.322. The molecule has 0 amide bonds. The van der Waals surface area contributed by atoms with Crippen molar-refractivity contribution in [1.82, 2.24) is 9.80 Å². The first kappa shape index (κ1) is 16.4. The molecule has 0 bridgehead atoms. The molecule has 3 nitrogen and oxygen atoms in total. The number of hydrogen-bond acceptors (Lipinski definition) is 3. The van der Waals surface area contributed by atoms with Crippen LogP contribution in [0.1, 0.15) is 24.9 Å². The van der Waals surface area contributed by atoms with E-state index in [4.69, 9.17) is 5.73 Å². The van der Waals surface area contributed by atoms with Crippen molar-refractivity contribution in [2.24, 2.45) is 5.73 Å². The van der Waals surface area contributed by atoms with Crippen molar-refractivity contribution in [3.05, 3.63) is 32.7 Å². The Morgan fingerprint density at radius 1 is 1.15 bits per heavy atom. The molecule has 2 N–H and O–H groups in total. The van der Waals surface area contributed by atoms with Crippen molar-refractivity contribution in [1.29, 1.82) is 0 Å². The predicted octanol–water partition coefficient (Wildman–Crippen LogP) is 3.24. The van der Waals surface area contributed by atoms with Gasteiger partial charge in [0.1, 0.15) is 0 Å². The average molecular weight is 405 g/mol. The Balaban J connectivity index is 2.03. The molecule has 0 aromatic heterocycles. The summed E-state index contributed by atoms with van der Waals surface area (Å²) < 4.78 is 2.18. The Bertz CT molecular complexity index is 431. The minimum atomic E-state index is 0.322. The molecule has 20 heavy (non-hydrogen) atoms. The highest BCUT2D eigenvalue weighted by atomic mass is 79.9. The lowest BCUT2D eigenvalue weighted by Gasteiger charge is -2.39. The fourth-order valence-corrected chi connectivity index (χ4v) is 3.47. The lowest BCUT2D eigenvalue weighted by atomic mass is 10.0. The number of piperazine rings is 1. The van der Waals surface area contributed by atoms with Crippen LogP contribution in [-0.4, -0.2) is 49.1 Å². The van der Waals surface area contributed by atoms with Gasteiger partial charge in [0.2, 0.25) is 0 Å². The third-order valence-corrected chi connectivity index (χ3v) is 5.82. The summed E-state index contributed by atoms with van der Waals surface area (Å²) in [5.74, 6) is 0. The number of benzene rings is 1. The molecule has 0 aliphatic carbocycles. The van der Waals surface area contributed by atoms with Crippen LogP contribution in [0.15, 0.2) is 27.1 Å². The quantitative estimate of drug-likeness (QED) is 0.817. The Morgan fingerprint density at radius 3 is 2.40 bits per heavy atom. The zero-order valence-electron chi connectivity index (χ0n) is 12.0. The SMILES string of the molecule is CCCN1CCN(C(CN)c2ccc(Br)c(Br)c2)CC1. The van der Waals surface area contributed by atoms with E-state index in [1.165, 1.54) is 18.5 Å². The first-order valence-corrected chi connectivity index (χ1v) is 8.85. The van der Waals surface area contributed by atoms with Crippen LogP contribution in [-0.2, 0) is 0 Å². The third kappa shape index (κ3) is 4.04. The molecule has 1 aromatic carbocycles. The maximum Gasteiger partial charge on any atom is 0.0471 e. The summed E-state index contributed by atoms with van der Waals surface area (Å²) in [6.07, 6.45) is 1.24. The fourth-order valence-electron chi connectivity index (χ4n) is 2.83. The number of rotatable bonds is 5. The van der Waals surface area contributed by atoms with E-state index >= 15 is 0 Å². The maximum absolute atomic E-state index is 6.03. The minimum Gasteiger partial charge on any atom is -0.329 e. The highest BCUT2D eigenvalue weighted by molar-refractivity contribution is 9.13. The molecule has 1 aromatic rings. The van der Waals surface area contributed by atoms with Gasteiger partial charge in [0.05, 0.1) is 0 Å². The molecular formula is C15H23Br2N3. The highest BCUT2D eigenvalue weighted by Crippen LogP contribution is 2.29. The first-order valence-electron chi connectivity index (χ1n) is 7.27. The fraction of sp³-hybridized carbons (Fsp3) is 0.600. The molecule has 1 fully saturated rings. The van der Waals surface area contributed by atoms with E-state index in [0.29, 0.717) is 12.6 Å². The molecular weight excluding hydrogens is 382 g/mol. The summed E-state index contributed by atoms with van der Waals surface area (Å²) >= 11 is 7.11. The van der Waals surface area contributed by atoms with Crippen LogP contribution in [0.25, 0.3) is 0 Å². The molecule has 0 spiro atoms. The molecule has 2 rings (SSSR count). The number of hydrogen-bond donors (Lipinski definition) is 1. The summed E-state index contributed by atoms with van der Waals surface area (Å²) in [6, 6.07) is 6.77. The zero-order valence-corrected chi connectivity index (χ0v) is 15.2. The molecule has 0 radical (unpaired) electrons. The van der Waals surface area contributed by atoms with Gasteiger partial charge in [-0.2, -0.15) is 0 Å². The Morgan fingerprint density at radius 2 is 1.85 bits per heavy atom. The van der Waals surface area contributed by atoms with Crippen LogP contribution in [0.2, 0.25) is 0 Å². The third-order valence-electron chi connectivity index (χ3n) is 3.94. The maximum atomic E-state index is 6.03. The van der Waals surface area contributed by atoms with E-state index in [0.717, 1.165) is 35.1 Å². The second-order valence-corrected chi connectivity index (χ2v) is 7.01. The van der Waals surface area contributed by atoms with Crippen molar-refractivity contribution >= 4 is 31.9 Å². The molecule has 1 heterocycles. The summed E-state index contributed by atoms with van der Waals surface area (Å²) in [5.41, 5.74) is 7.33. The molecule has 0 saturated carbocycles. The molecule has 1 atom stereocenters. The summed E-state index contributed by atoms with van der Waals surface area (Å²) in [6.45, 7) is 8.65. The molecule has 1 aliphatic rings. The van der Waals surface area contributed by atoms with Crippen molar-refractivity contribution in [2.45, 2.75) is 19.4 Å². The molecule has 112 valence electrons. The summed E-state index contributed by atoms with van der Waals surface area (Å²) in [7, 11) is 0. The van der Waals surface area contributed by atoms with Crippen molar-refractivity contribution < 1.29 is 0 Å². The van der Waals surface area contributed by atoms with E-state index in [-0.39, 0.29) is 0 Å². The highest BCUT2D eigenvalue weighted by Gasteiger charge is 2.24. The van der Waals surface area contributed by atoms with Crippen LogP contribution >= 0.6 is 31.9 Å². The van der Waals surface area contributed by atoms with Crippen molar-refractivity contribution in [2.75, 3.05) is 39.3 Å². The molecule has 1 unspecified atom stereocenters. The number of halogens is 2. The van der Waals surface area contributed by atoms with Crippen LogP contribution in [0.3, 0.4) is 0 Å². The Kier molecular flexibility index (Phi) is 6.49. The van der Waals surface area contributed by atoms with Crippen LogP contribution in [0, 0.1) is 0 Å². The Hall–Kier alpha value is 0.0600. The van der Waals surface area contributed by atoms with E-state index < -0.39 is 0 Å². The van der Waals surface area contributed by atoms with Gasteiger partial charge in [-0.05, 0) is 62.5 Å². The van der Waals surface area contributed by atoms with E-state index in [9.17, 15) is 0 Å². The van der Waals surface area contributed by atoms with E-state index in [1.807, 2.05) is 0 Å². The van der Waals surface area contributed by atoms with Gasteiger partial charge in [-0.15, -0.1) is 0 Å². The van der Waals surface area contributed by atoms with Crippen molar-refractivity contribution in [3.8, 4) is 0 Å². The second kappa shape index (κ2) is 7.90. The van der Waals surface area contributed by atoms with Crippen molar-refractivity contribution in [3.63, 3.8) is 0 Å². The number of nitrogens with two attached hydrogens (primary N) is 1. The van der Waals surface area contributed by atoms with Crippen LogP contribution in [0.5, 0.6) is 0 Å².